The first-order chi connectivity index (χ1) is 16.1. The Hall–Kier alpha value is -3.71. The number of rotatable bonds is 9. The first-order valence-corrected chi connectivity index (χ1v) is 11.8. The molecule has 0 spiro atoms. The van der Waals surface area contributed by atoms with Crippen LogP contribution in [0.4, 0.5) is 0 Å². The van der Waals surface area contributed by atoms with E-state index in [1.165, 1.54) is 11.3 Å². The summed E-state index contributed by atoms with van der Waals surface area (Å²) in [5.74, 6) is -0.0656. The minimum Gasteiger partial charge on any atom is -0.352 e. The zero-order chi connectivity index (χ0) is 23.0. The average Bonchev–Trinajstić information content (AvgIpc) is 3.53. The van der Waals surface area contributed by atoms with Gasteiger partial charge in [-0.2, -0.15) is 16.4 Å². The number of hydrogen-bond donors (Lipinski definition) is 1. The van der Waals surface area contributed by atoms with E-state index in [0.717, 1.165) is 22.5 Å². The third-order valence-electron chi connectivity index (χ3n) is 5.33. The number of aromatic nitrogens is 2. The first-order valence-electron chi connectivity index (χ1n) is 10.9. The summed E-state index contributed by atoms with van der Waals surface area (Å²) in [6.07, 6.45) is 2.95. The molecule has 2 amide bonds. The van der Waals surface area contributed by atoms with Crippen LogP contribution in [0.1, 0.15) is 28.8 Å². The number of para-hydroxylation sites is 1. The molecule has 0 saturated heterocycles. The van der Waals surface area contributed by atoms with Gasteiger partial charge in [-0.1, -0.05) is 48.5 Å². The molecule has 0 radical (unpaired) electrons. The lowest BCUT2D eigenvalue weighted by Gasteiger charge is -2.17. The number of carbonyl (C=O) groups is 2. The molecule has 0 unspecified atom stereocenters. The summed E-state index contributed by atoms with van der Waals surface area (Å²) in [4.78, 5) is 26.5. The van der Waals surface area contributed by atoms with E-state index in [-0.39, 0.29) is 11.8 Å². The van der Waals surface area contributed by atoms with Gasteiger partial charge < -0.3 is 10.2 Å². The van der Waals surface area contributed by atoms with Gasteiger partial charge in [0.05, 0.1) is 11.4 Å². The monoisotopic (exact) mass is 458 g/mol. The lowest BCUT2D eigenvalue weighted by atomic mass is 10.1. The minimum atomic E-state index is -0.0992. The molecular formula is C26H26N4O2S. The van der Waals surface area contributed by atoms with E-state index in [1.54, 1.807) is 18.0 Å². The third-order valence-corrected chi connectivity index (χ3v) is 6.01. The fraction of sp³-hybridized carbons (Fsp3) is 0.192. The second-order valence-electron chi connectivity index (χ2n) is 7.77. The van der Waals surface area contributed by atoms with Crippen molar-refractivity contribution in [3.8, 4) is 16.9 Å². The van der Waals surface area contributed by atoms with Gasteiger partial charge in [0.15, 0.2) is 0 Å². The van der Waals surface area contributed by atoms with Gasteiger partial charge in [0.2, 0.25) is 5.91 Å². The van der Waals surface area contributed by atoms with E-state index >= 15 is 0 Å². The maximum absolute atomic E-state index is 12.7. The Morgan fingerprint density at radius 2 is 1.76 bits per heavy atom. The number of thiophene rings is 1. The number of benzene rings is 2. The number of nitrogens with zero attached hydrogens (tertiary/aromatic N) is 3. The van der Waals surface area contributed by atoms with Crippen molar-refractivity contribution in [1.29, 1.82) is 0 Å². The van der Waals surface area contributed by atoms with Gasteiger partial charge in [-0.05, 0) is 30.0 Å². The van der Waals surface area contributed by atoms with Crippen LogP contribution in [0.15, 0.2) is 83.7 Å². The molecule has 0 fully saturated rings. The molecule has 0 bridgehead atoms. The summed E-state index contributed by atoms with van der Waals surface area (Å²) in [5.41, 5.74) is 4.48. The largest absolute Gasteiger partial charge is 0.352 e. The van der Waals surface area contributed by atoms with Gasteiger partial charge in [-0.3, -0.25) is 9.59 Å². The summed E-state index contributed by atoms with van der Waals surface area (Å²) in [5, 5.41) is 11.4. The van der Waals surface area contributed by atoms with Crippen LogP contribution in [0, 0.1) is 0 Å². The molecular weight excluding hydrogens is 432 g/mol. The molecule has 7 heteroatoms. The second kappa shape index (κ2) is 10.7. The zero-order valence-electron chi connectivity index (χ0n) is 18.5. The fourth-order valence-electron chi connectivity index (χ4n) is 3.55. The highest BCUT2D eigenvalue weighted by Crippen LogP contribution is 2.25. The molecule has 0 aliphatic carbocycles. The third kappa shape index (κ3) is 5.75. The maximum atomic E-state index is 12.7. The highest BCUT2D eigenvalue weighted by atomic mass is 32.1. The molecule has 6 nitrogen and oxygen atoms in total. The van der Waals surface area contributed by atoms with Crippen LogP contribution >= 0.6 is 11.3 Å². The van der Waals surface area contributed by atoms with Gasteiger partial charge >= 0.3 is 0 Å². The van der Waals surface area contributed by atoms with E-state index in [4.69, 9.17) is 5.10 Å². The molecule has 0 aliphatic rings. The van der Waals surface area contributed by atoms with E-state index in [0.29, 0.717) is 31.5 Å². The topological polar surface area (TPSA) is 67.2 Å². The number of amides is 2. The standard InChI is InChI=1S/C26H26N4O2S/c1-29(24(31)13-8-15-27-26(32)21-14-16-33-19-21)17-22-18-30(23-11-6-3-7-12-23)28-25(22)20-9-4-2-5-10-20/h2-7,9-12,14,16,18-19H,8,13,15,17H2,1H3,(H,27,32). The van der Waals surface area contributed by atoms with Gasteiger partial charge in [-0.15, -0.1) is 0 Å². The van der Waals surface area contributed by atoms with Crippen molar-refractivity contribution in [1.82, 2.24) is 20.0 Å². The van der Waals surface area contributed by atoms with Crippen LogP contribution in [0.25, 0.3) is 16.9 Å². The quantitative estimate of drug-likeness (QED) is 0.368. The molecule has 1 N–H and O–H groups in total. The highest BCUT2D eigenvalue weighted by molar-refractivity contribution is 7.08. The first kappa shape index (κ1) is 22.5. The molecule has 2 aromatic heterocycles. The van der Waals surface area contributed by atoms with Crippen LogP contribution in [0.2, 0.25) is 0 Å². The maximum Gasteiger partial charge on any atom is 0.252 e. The van der Waals surface area contributed by atoms with Crippen LogP contribution in [0.5, 0.6) is 0 Å². The molecule has 168 valence electrons. The summed E-state index contributed by atoms with van der Waals surface area (Å²) >= 11 is 1.49. The van der Waals surface area contributed by atoms with Crippen LogP contribution < -0.4 is 5.32 Å². The molecule has 4 aromatic rings. The number of nitrogens with one attached hydrogen (secondary N) is 1. The lowest BCUT2D eigenvalue weighted by Crippen LogP contribution is -2.28. The van der Waals surface area contributed by atoms with E-state index < -0.39 is 0 Å². The van der Waals surface area contributed by atoms with Crippen molar-refractivity contribution in [2.45, 2.75) is 19.4 Å². The molecule has 4 rings (SSSR count). The molecule has 0 aliphatic heterocycles. The summed E-state index contributed by atoms with van der Waals surface area (Å²) in [6.45, 7) is 0.923. The van der Waals surface area contributed by atoms with Crippen molar-refractivity contribution >= 4 is 23.2 Å². The molecule has 2 aromatic carbocycles. The predicted octanol–water partition coefficient (Wildman–Crippen LogP) is 4.77. The highest BCUT2D eigenvalue weighted by Gasteiger charge is 2.17. The van der Waals surface area contributed by atoms with Crippen LogP contribution in [0.3, 0.4) is 0 Å². The van der Waals surface area contributed by atoms with Crippen molar-refractivity contribution in [2.24, 2.45) is 0 Å². The van der Waals surface area contributed by atoms with E-state index in [2.05, 4.69) is 5.32 Å². The van der Waals surface area contributed by atoms with Gasteiger partial charge in [0, 0.05) is 54.8 Å². The van der Waals surface area contributed by atoms with E-state index in [9.17, 15) is 9.59 Å². The Balaban J connectivity index is 1.40. The SMILES string of the molecule is CN(Cc1cn(-c2ccccc2)nc1-c1ccccc1)C(=O)CCCNC(=O)c1ccsc1. The Morgan fingerprint density at radius 1 is 1.03 bits per heavy atom. The summed E-state index contributed by atoms with van der Waals surface area (Å²) < 4.78 is 1.86. The van der Waals surface area contributed by atoms with Gasteiger partial charge in [-0.25, -0.2) is 4.68 Å². The minimum absolute atomic E-state index is 0.0336. The normalized spacial score (nSPS) is 10.7. The van der Waals surface area contributed by atoms with Crippen molar-refractivity contribution in [3.63, 3.8) is 0 Å². The average molecular weight is 459 g/mol. The molecule has 2 heterocycles. The Labute approximate surface area is 197 Å². The Kier molecular flexibility index (Phi) is 7.32. The second-order valence-corrected chi connectivity index (χ2v) is 8.55. The van der Waals surface area contributed by atoms with Gasteiger partial charge in [0.25, 0.3) is 5.91 Å². The number of carbonyl (C=O) groups excluding carboxylic acids is 2. The van der Waals surface area contributed by atoms with Crippen molar-refractivity contribution < 1.29 is 9.59 Å². The van der Waals surface area contributed by atoms with Crippen molar-refractivity contribution in [2.75, 3.05) is 13.6 Å². The zero-order valence-corrected chi connectivity index (χ0v) is 19.3. The Morgan fingerprint density at radius 3 is 2.45 bits per heavy atom. The van der Waals surface area contributed by atoms with Gasteiger partial charge in [0.1, 0.15) is 0 Å². The van der Waals surface area contributed by atoms with Crippen LogP contribution in [-0.4, -0.2) is 40.1 Å². The molecule has 33 heavy (non-hydrogen) atoms. The fourth-order valence-corrected chi connectivity index (χ4v) is 4.19. The van der Waals surface area contributed by atoms with E-state index in [1.807, 2.05) is 82.3 Å². The molecule has 0 atom stereocenters. The number of hydrogen-bond acceptors (Lipinski definition) is 4. The summed E-state index contributed by atoms with van der Waals surface area (Å²) in [6, 6.07) is 21.7. The summed E-state index contributed by atoms with van der Waals surface area (Å²) in [7, 11) is 1.81. The smallest absolute Gasteiger partial charge is 0.252 e. The van der Waals surface area contributed by atoms with Crippen molar-refractivity contribution in [3.05, 3.63) is 94.8 Å². The molecule has 0 saturated carbocycles. The van der Waals surface area contributed by atoms with Crippen LogP contribution in [-0.2, 0) is 11.3 Å². The predicted molar refractivity (Wildman–Crippen MR) is 131 cm³/mol. The lowest BCUT2D eigenvalue weighted by molar-refractivity contribution is -0.130. The Bertz CT molecular complexity index is 1190.